The van der Waals surface area contributed by atoms with Gasteiger partial charge in [0.05, 0.1) is 33.4 Å². The molecule has 0 unspecified atom stereocenters. The summed E-state index contributed by atoms with van der Waals surface area (Å²) in [5, 5.41) is 0. The van der Waals surface area contributed by atoms with Gasteiger partial charge in [0.25, 0.3) is 0 Å². The number of ether oxygens (including phenoxy) is 3. The molecule has 2 aliphatic rings. The number of quaternary nitrogens is 1. The smallest absolute Gasteiger partial charge is 0.361 e. The van der Waals surface area contributed by atoms with Crippen LogP contribution in [-0.4, -0.2) is 70.2 Å². The van der Waals surface area contributed by atoms with Crippen molar-refractivity contribution in [2.24, 2.45) is 16.7 Å². The van der Waals surface area contributed by atoms with Crippen molar-refractivity contribution >= 4 is 5.97 Å². The summed E-state index contributed by atoms with van der Waals surface area (Å²) in [6.45, 7) is 12.5. The first-order chi connectivity index (χ1) is 11.6. The zero-order valence-electron chi connectivity index (χ0n) is 17.1. The lowest BCUT2D eigenvalue weighted by atomic mass is 9.70. The van der Waals surface area contributed by atoms with Crippen molar-refractivity contribution in [2.75, 3.05) is 53.6 Å². The number of hydrogen-bond acceptors (Lipinski definition) is 4. The number of hydrogen-bond donors (Lipinski definition) is 0. The standard InChI is InChI=1S/C20H38NO4/c1-7-23-12-13-25-18(22)15-21(5,6)10-11-24-17-14-16-8-9-20(17,4)19(16,2)3/h16-17H,7-15H2,1-6H3/q+1/t16-,17+,20+/m0/s1. The summed E-state index contributed by atoms with van der Waals surface area (Å²) in [5.74, 6) is 0.628. The van der Waals surface area contributed by atoms with Gasteiger partial charge >= 0.3 is 5.97 Å². The fourth-order valence-electron chi connectivity index (χ4n) is 4.66. The zero-order chi connectivity index (χ0) is 18.7. The molecule has 2 fully saturated rings. The first kappa shape index (κ1) is 20.7. The fraction of sp³-hybridized carbons (Fsp3) is 0.950. The number of rotatable bonds is 10. The number of likely N-dealkylation sites (N-methyl/N-ethyl adjacent to an activating group) is 1. The predicted molar refractivity (Wildman–Crippen MR) is 98.3 cm³/mol. The summed E-state index contributed by atoms with van der Waals surface area (Å²) in [7, 11) is 4.11. The van der Waals surface area contributed by atoms with Crippen molar-refractivity contribution in [3.05, 3.63) is 0 Å². The van der Waals surface area contributed by atoms with Crippen LogP contribution in [0.15, 0.2) is 0 Å². The van der Waals surface area contributed by atoms with Crippen LogP contribution >= 0.6 is 0 Å². The Morgan fingerprint density at radius 2 is 1.88 bits per heavy atom. The molecule has 0 aliphatic heterocycles. The van der Waals surface area contributed by atoms with Gasteiger partial charge in [0, 0.05) is 6.61 Å². The quantitative estimate of drug-likeness (QED) is 0.343. The summed E-state index contributed by atoms with van der Waals surface area (Å²) >= 11 is 0. The van der Waals surface area contributed by atoms with E-state index >= 15 is 0 Å². The van der Waals surface area contributed by atoms with Crippen LogP contribution in [0.5, 0.6) is 0 Å². The maximum absolute atomic E-state index is 11.9. The average Bonchev–Trinajstić information content (AvgIpc) is 2.84. The topological polar surface area (TPSA) is 44.8 Å². The van der Waals surface area contributed by atoms with Gasteiger partial charge < -0.3 is 18.7 Å². The van der Waals surface area contributed by atoms with Crippen LogP contribution in [0.2, 0.25) is 0 Å². The second-order valence-corrected chi connectivity index (χ2v) is 9.20. The minimum atomic E-state index is -0.169. The summed E-state index contributed by atoms with van der Waals surface area (Å²) < 4.78 is 17.3. The summed E-state index contributed by atoms with van der Waals surface area (Å²) in [6, 6.07) is 0. The van der Waals surface area contributed by atoms with Gasteiger partial charge in [-0.1, -0.05) is 20.8 Å². The third-order valence-corrected chi connectivity index (χ3v) is 6.98. The second-order valence-electron chi connectivity index (χ2n) is 9.20. The van der Waals surface area contributed by atoms with Crippen LogP contribution in [0.3, 0.4) is 0 Å². The Kier molecular flexibility index (Phi) is 6.55. The van der Waals surface area contributed by atoms with Crippen LogP contribution in [-0.2, 0) is 19.0 Å². The molecule has 25 heavy (non-hydrogen) atoms. The first-order valence-electron chi connectivity index (χ1n) is 9.79. The maximum Gasteiger partial charge on any atom is 0.361 e. The Labute approximate surface area is 153 Å². The Hall–Kier alpha value is -0.650. The molecule has 5 nitrogen and oxygen atoms in total. The molecule has 0 spiro atoms. The molecule has 2 saturated carbocycles. The predicted octanol–water partition coefficient (Wildman–Crippen LogP) is 2.87. The van der Waals surface area contributed by atoms with Crippen LogP contribution < -0.4 is 0 Å². The van der Waals surface area contributed by atoms with Gasteiger partial charge in [0.2, 0.25) is 0 Å². The summed E-state index contributed by atoms with van der Waals surface area (Å²) in [4.78, 5) is 11.9. The number of carbonyl (C=O) groups is 1. The van der Waals surface area contributed by atoms with E-state index in [0.29, 0.717) is 54.4 Å². The SMILES string of the molecule is CCOCCOC(=O)C[N+](C)(C)CCO[C@@H]1C[C@@H]2CC[C@@]1(C)C2(C)C. The average molecular weight is 357 g/mol. The molecule has 2 aliphatic carbocycles. The molecule has 0 aromatic heterocycles. The van der Waals surface area contributed by atoms with Crippen molar-refractivity contribution in [3.8, 4) is 0 Å². The molecule has 3 atom stereocenters. The maximum atomic E-state index is 11.9. The number of fused-ring (bicyclic) bond motifs is 2. The molecular weight excluding hydrogens is 318 g/mol. The molecule has 2 rings (SSSR count). The molecule has 0 aromatic carbocycles. The Morgan fingerprint density at radius 3 is 2.44 bits per heavy atom. The largest absolute Gasteiger partial charge is 0.459 e. The highest BCUT2D eigenvalue weighted by Gasteiger charge is 2.61. The van der Waals surface area contributed by atoms with Crippen LogP contribution in [0.25, 0.3) is 0 Å². The van der Waals surface area contributed by atoms with Gasteiger partial charge in [-0.2, -0.15) is 0 Å². The van der Waals surface area contributed by atoms with Gasteiger partial charge in [-0.15, -0.1) is 0 Å². The van der Waals surface area contributed by atoms with Gasteiger partial charge in [-0.05, 0) is 42.9 Å². The number of esters is 1. The normalized spacial score (nSPS) is 30.6. The van der Waals surface area contributed by atoms with E-state index in [1.807, 2.05) is 6.92 Å². The van der Waals surface area contributed by atoms with Gasteiger partial charge in [-0.3, -0.25) is 0 Å². The lowest BCUT2D eigenvalue weighted by molar-refractivity contribution is -0.883. The zero-order valence-corrected chi connectivity index (χ0v) is 17.1. The van der Waals surface area contributed by atoms with Gasteiger partial charge in [0.1, 0.15) is 13.2 Å². The van der Waals surface area contributed by atoms with E-state index in [-0.39, 0.29) is 5.97 Å². The third kappa shape index (κ3) is 4.55. The monoisotopic (exact) mass is 356 g/mol. The van der Waals surface area contributed by atoms with Crippen molar-refractivity contribution in [1.82, 2.24) is 0 Å². The highest BCUT2D eigenvalue weighted by atomic mass is 16.6. The van der Waals surface area contributed by atoms with Crippen LogP contribution in [0.4, 0.5) is 0 Å². The second kappa shape index (κ2) is 7.93. The van der Waals surface area contributed by atoms with Gasteiger partial charge in [-0.25, -0.2) is 4.79 Å². The number of carbonyl (C=O) groups excluding carboxylic acids is 1. The third-order valence-electron chi connectivity index (χ3n) is 6.98. The Bertz CT molecular complexity index is 463. The fourth-order valence-corrected chi connectivity index (χ4v) is 4.66. The molecule has 0 aromatic rings. The van der Waals surface area contributed by atoms with Crippen molar-refractivity contribution < 1.29 is 23.5 Å². The van der Waals surface area contributed by atoms with Gasteiger partial charge in [0.15, 0.2) is 6.54 Å². The van der Waals surface area contributed by atoms with E-state index in [9.17, 15) is 4.79 Å². The molecular formula is C20H38NO4+. The highest BCUT2D eigenvalue weighted by Crippen LogP contribution is 2.66. The minimum Gasteiger partial charge on any atom is -0.459 e. The van der Waals surface area contributed by atoms with E-state index in [1.165, 1.54) is 19.3 Å². The molecule has 2 bridgehead atoms. The summed E-state index contributed by atoms with van der Waals surface area (Å²) in [6.07, 6.45) is 4.17. The molecule has 0 amide bonds. The Balaban J connectivity index is 1.71. The van der Waals surface area contributed by atoms with Crippen molar-refractivity contribution in [3.63, 3.8) is 0 Å². The highest BCUT2D eigenvalue weighted by molar-refractivity contribution is 5.70. The molecule has 0 saturated heterocycles. The van der Waals surface area contributed by atoms with Crippen LogP contribution in [0, 0.1) is 16.7 Å². The van der Waals surface area contributed by atoms with E-state index in [2.05, 4.69) is 34.9 Å². The molecule has 5 heteroatoms. The molecule has 0 N–H and O–H groups in total. The van der Waals surface area contributed by atoms with Crippen molar-refractivity contribution in [2.45, 2.75) is 53.1 Å². The molecule has 0 radical (unpaired) electrons. The van der Waals surface area contributed by atoms with E-state index < -0.39 is 0 Å². The minimum absolute atomic E-state index is 0.169. The molecule has 0 heterocycles. The van der Waals surface area contributed by atoms with E-state index in [0.717, 1.165) is 12.5 Å². The van der Waals surface area contributed by atoms with Crippen LogP contribution in [0.1, 0.15) is 47.0 Å². The van der Waals surface area contributed by atoms with Crippen molar-refractivity contribution in [1.29, 1.82) is 0 Å². The first-order valence-corrected chi connectivity index (χ1v) is 9.79. The molecule has 146 valence electrons. The number of nitrogens with zero attached hydrogens (tertiary/aromatic N) is 1. The van der Waals surface area contributed by atoms with E-state index in [4.69, 9.17) is 14.2 Å². The van der Waals surface area contributed by atoms with E-state index in [1.54, 1.807) is 0 Å². The Morgan fingerprint density at radius 1 is 1.16 bits per heavy atom. The summed E-state index contributed by atoms with van der Waals surface area (Å²) in [5.41, 5.74) is 0.680. The lowest BCUT2D eigenvalue weighted by Crippen LogP contribution is -2.47. The lowest BCUT2D eigenvalue weighted by Gasteiger charge is -2.39.